The molecule has 1 amide bonds. The lowest BCUT2D eigenvalue weighted by molar-refractivity contribution is 0.0163. The predicted octanol–water partition coefficient (Wildman–Crippen LogP) is 4.09. The first-order valence-corrected chi connectivity index (χ1v) is 11.6. The lowest BCUT2D eigenvalue weighted by Gasteiger charge is -2.34. The molecule has 2 aliphatic rings. The van der Waals surface area contributed by atoms with E-state index in [0.29, 0.717) is 12.0 Å². The number of likely N-dealkylation sites (tertiary alicyclic amines) is 1. The Morgan fingerprint density at radius 2 is 2.07 bits per heavy atom. The Balaban J connectivity index is 0.00000392. The van der Waals surface area contributed by atoms with Gasteiger partial charge in [-0.2, -0.15) is 11.8 Å². The largest absolute Gasteiger partial charge is 0.444 e. The van der Waals surface area contributed by atoms with Gasteiger partial charge in [0.15, 0.2) is 5.96 Å². The first-order valence-electron chi connectivity index (χ1n) is 10.5. The molecule has 2 rings (SSSR count). The van der Waals surface area contributed by atoms with Gasteiger partial charge in [0.1, 0.15) is 5.60 Å². The molecule has 2 fully saturated rings. The molecule has 6 nitrogen and oxygen atoms in total. The highest BCUT2D eigenvalue weighted by Crippen LogP contribution is 2.22. The van der Waals surface area contributed by atoms with E-state index in [1.165, 1.54) is 18.6 Å². The number of carbonyl (C=O) groups is 1. The van der Waals surface area contributed by atoms with Gasteiger partial charge in [-0.25, -0.2) is 4.79 Å². The molecule has 164 valence electrons. The van der Waals surface area contributed by atoms with Gasteiger partial charge >= 0.3 is 6.09 Å². The van der Waals surface area contributed by atoms with Gasteiger partial charge in [-0.3, -0.25) is 4.99 Å². The second-order valence-electron chi connectivity index (χ2n) is 8.54. The number of hydrogen-bond donors (Lipinski definition) is 2. The van der Waals surface area contributed by atoms with Crippen molar-refractivity contribution in [3.63, 3.8) is 0 Å². The summed E-state index contributed by atoms with van der Waals surface area (Å²) in [5.74, 6) is 3.88. The fourth-order valence-electron chi connectivity index (χ4n) is 3.52. The average molecular weight is 527 g/mol. The quantitative estimate of drug-likeness (QED) is 0.321. The van der Waals surface area contributed by atoms with Crippen molar-refractivity contribution in [3.8, 4) is 0 Å². The van der Waals surface area contributed by atoms with Crippen LogP contribution in [-0.4, -0.2) is 66.3 Å². The molecular formula is C20H39IN4O2S. The Morgan fingerprint density at radius 3 is 2.71 bits per heavy atom. The summed E-state index contributed by atoms with van der Waals surface area (Å²) >= 11 is 2.02. The number of aliphatic imine (C=N–C) groups is 1. The lowest BCUT2D eigenvalue weighted by Crippen LogP contribution is -2.45. The molecule has 0 bridgehead atoms. The zero-order chi connectivity index (χ0) is 19.7. The van der Waals surface area contributed by atoms with E-state index in [2.05, 4.69) is 17.6 Å². The highest BCUT2D eigenvalue weighted by molar-refractivity contribution is 14.0. The van der Waals surface area contributed by atoms with Crippen molar-refractivity contribution in [1.29, 1.82) is 0 Å². The van der Waals surface area contributed by atoms with Crippen LogP contribution in [0, 0.1) is 5.92 Å². The zero-order valence-corrected chi connectivity index (χ0v) is 21.1. The van der Waals surface area contributed by atoms with E-state index in [1.54, 1.807) is 0 Å². The molecule has 0 saturated carbocycles. The summed E-state index contributed by atoms with van der Waals surface area (Å²) in [5, 5.41) is 6.95. The summed E-state index contributed by atoms with van der Waals surface area (Å²) in [4.78, 5) is 19.0. The SMILES string of the molecule is CCNC(=NCCC1CCCN(C(=O)OC(C)(C)C)C1)NC1CCCSC1.I. The summed E-state index contributed by atoms with van der Waals surface area (Å²) in [6.07, 6.45) is 5.55. The highest BCUT2D eigenvalue weighted by atomic mass is 127. The number of thioether (sulfide) groups is 1. The number of rotatable bonds is 5. The van der Waals surface area contributed by atoms with Gasteiger partial charge in [-0.05, 0) is 71.5 Å². The van der Waals surface area contributed by atoms with Gasteiger partial charge in [0, 0.05) is 38.0 Å². The molecule has 2 heterocycles. The Morgan fingerprint density at radius 1 is 1.29 bits per heavy atom. The number of nitrogens with zero attached hydrogens (tertiary/aromatic N) is 2. The highest BCUT2D eigenvalue weighted by Gasteiger charge is 2.27. The summed E-state index contributed by atoms with van der Waals surface area (Å²) in [5.41, 5.74) is -0.432. The molecule has 2 N–H and O–H groups in total. The Labute approximate surface area is 192 Å². The van der Waals surface area contributed by atoms with E-state index < -0.39 is 5.60 Å². The van der Waals surface area contributed by atoms with Crippen LogP contribution in [0.3, 0.4) is 0 Å². The van der Waals surface area contributed by atoms with E-state index in [9.17, 15) is 4.79 Å². The van der Waals surface area contributed by atoms with Crippen molar-refractivity contribution in [1.82, 2.24) is 15.5 Å². The minimum absolute atomic E-state index is 0. The Hall–Kier alpha value is -0.380. The van der Waals surface area contributed by atoms with Crippen molar-refractivity contribution in [2.75, 3.05) is 37.7 Å². The minimum atomic E-state index is -0.432. The summed E-state index contributed by atoms with van der Waals surface area (Å²) in [6.45, 7) is 11.1. The van der Waals surface area contributed by atoms with Gasteiger partial charge in [-0.1, -0.05) is 0 Å². The number of nitrogens with one attached hydrogen (secondary N) is 2. The Kier molecular flexibility index (Phi) is 11.9. The fraction of sp³-hybridized carbons (Fsp3) is 0.900. The van der Waals surface area contributed by atoms with E-state index in [-0.39, 0.29) is 30.1 Å². The van der Waals surface area contributed by atoms with Crippen LogP contribution >= 0.6 is 35.7 Å². The first kappa shape index (κ1) is 25.7. The van der Waals surface area contributed by atoms with Crippen LogP contribution in [-0.2, 0) is 4.74 Å². The predicted molar refractivity (Wildman–Crippen MR) is 130 cm³/mol. The molecule has 0 spiro atoms. The van der Waals surface area contributed by atoms with Gasteiger partial charge in [0.2, 0.25) is 0 Å². The van der Waals surface area contributed by atoms with E-state index in [1.807, 2.05) is 37.4 Å². The molecular weight excluding hydrogens is 487 g/mol. The molecule has 2 aliphatic heterocycles. The van der Waals surface area contributed by atoms with E-state index in [4.69, 9.17) is 9.73 Å². The first-order chi connectivity index (χ1) is 12.9. The minimum Gasteiger partial charge on any atom is -0.444 e. The van der Waals surface area contributed by atoms with Crippen LogP contribution in [0.15, 0.2) is 4.99 Å². The monoisotopic (exact) mass is 526 g/mol. The Bertz CT molecular complexity index is 493. The van der Waals surface area contributed by atoms with Crippen LogP contribution in [0.2, 0.25) is 0 Å². The number of piperidine rings is 1. The van der Waals surface area contributed by atoms with Crippen molar-refractivity contribution in [3.05, 3.63) is 0 Å². The number of halogens is 1. The fourth-order valence-corrected chi connectivity index (χ4v) is 4.59. The topological polar surface area (TPSA) is 66.0 Å². The number of carbonyl (C=O) groups excluding carboxylic acids is 1. The molecule has 0 radical (unpaired) electrons. The third kappa shape index (κ3) is 9.89. The van der Waals surface area contributed by atoms with Gasteiger partial charge in [-0.15, -0.1) is 24.0 Å². The maximum atomic E-state index is 12.3. The maximum absolute atomic E-state index is 12.3. The van der Waals surface area contributed by atoms with Gasteiger partial charge < -0.3 is 20.3 Å². The van der Waals surface area contributed by atoms with Crippen molar-refractivity contribution in [2.24, 2.45) is 10.9 Å². The van der Waals surface area contributed by atoms with Gasteiger partial charge in [0.05, 0.1) is 0 Å². The second-order valence-corrected chi connectivity index (χ2v) is 9.69. The van der Waals surface area contributed by atoms with Crippen molar-refractivity contribution >= 4 is 47.8 Å². The molecule has 0 aromatic heterocycles. The van der Waals surface area contributed by atoms with Crippen molar-refractivity contribution in [2.45, 2.75) is 71.4 Å². The molecule has 2 saturated heterocycles. The maximum Gasteiger partial charge on any atom is 0.410 e. The van der Waals surface area contributed by atoms with Crippen molar-refractivity contribution < 1.29 is 9.53 Å². The molecule has 2 atom stereocenters. The number of ether oxygens (including phenoxy) is 1. The smallest absolute Gasteiger partial charge is 0.410 e. The summed E-state index contributed by atoms with van der Waals surface area (Å²) < 4.78 is 5.52. The molecule has 2 unspecified atom stereocenters. The third-order valence-corrected chi connectivity index (χ3v) is 6.04. The average Bonchev–Trinajstić information content (AvgIpc) is 2.61. The summed E-state index contributed by atoms with van der Waals surface area (Å²) in [6, 6.07) is 0.527. The van der Waals surface area contributed by atoms with Crippen LogP contribution in [0.4, 0.5) is 4.79 Å². The van der Waals surface area contributed by atoms with Gasteiger partial charge in [0.25, 0.3) is 0 Å². The molecule has 0 aromatic carbocycles. The van der Waals surface area contributed by atoms with Crippen LogP contribution < -0.4 is 10.6 Å². The third-order valence-electron chi connectivity index (χ3n) is 4.82. The van der Waals surface area contributed by atoms with E-state index in [0.717, 1.165) is 57.2 Å². The van der Waals surface area contributed by atoms with Crippen LogP contribution in [0.25, 0.3) is 0 Å². The summed E-state index contributed by atoms with van der Waals surface area (Å²) in [7, 11) is 0. The lowest BCUT2D eigenvalue weighted by atomic mass is 9.95. The standard InChI is InChI=1S/C20H38N4O2S.HI/c1-5-21-18(23-17-9-7-13-27-15-17)22-11-10-16-8-6-12-24(14-16)19(25)26-20(2,3)4;/h16-17H,5-15H2,1-4H3,(H2,21,22,23);1H. The molecule has 0 aliphatic carbocycles. The normalized spacial score (nSPS) is 23.6. The number of amides is 1. The molecule has 8 heteroatoms. The van der Waals surface area contributed by atoms with E-state index >= 15 is 0 Å². The number of guanidine groups is 1. The molecule has 28 heavy (non-hydrogen) atoms. The zero-order valence-electron chi connectivity index (χ0n) is 18.0. The molecule has 0 aromatic rings. The van der Waals surface area contributed by atoms with Crippen LogP contribution in [0.5, 0.6) is 0 Å². The second kappa shape index (κ2) is 13.0. The van der Waals surface area contributed by atoms with Crippen LogP contribution in [0.1, 0.15) is 59.8 Å². The number of hydrogen-bond acceptors (Lipinski definition) is 4.